The lowest BCUT2D eigenvalue weighted by atomic mass is 10.1. The molecule has 0 spiro atoms. The van der Waals surface area contributed by atoms with E-state index in [4.69, 9.17) is 5.73 Å². The van der Waals surface area contributed by atoms with Gasteiger partial charge < -0.3 is 15.6 Å². The molecule has 0 aliphatic carbocycles. The van der Waals surface area contributed by atoms with Gasteiger partial charge in [-0.05, 0) is 18.6 Å². The number of rotatable bonds is 3. The fraction of sp³-hybridized carbons (Fsp3) is 0.286. The standard InChI is InChI=1S/C14H17N3O2/c1-3-7-17-8-9(14(19)16-2)13(18)12-10(15)5-4-6-11(12)17/h4-6,8H,3,7,15H2,1-2H3,(H,16,19). The highest BCUT2D eigenvalue weighted by atomic mass is 16.2. The Labute approximate surface area is 111 Å². The number of anilines is 1. The van der Waals surface area contributed by atoms with Gasteiger partial charge in [0, 0.05) is 25.5 Å². The number of nitrogens with zero attached hydrogens (tertiary/aromatic N) is 1. The zero-order valence-corrected chi connectivity index (χ0v) is 11.1. The average molecular weight is 259 g/mol. The maximum Gasteiger partial charge on any atom is 0.256 e. The summed E-state index contributed by atoms with van der Waals surface area (Å²) in [6, 6.07) is 5.33. The number of benzene rings is 1. The zero-order chi connectivity index (χ0) is 14.0. The Kier molecular flexibility index (Phi) is 3.55. The molecule has 5 heteroatoms. The van der Waals surface area contributed by atoms with E-state index in [1.165, 1.54) is 7.05 Å². The van der Waals surface area contributed by atoms with E-state index < -0.39 is 0 Å². The highest BCUT2D eigenvalue weighted by Crippen LogP contribution is 2.18. The van der Waals surface area contributed by atoms with E-state index in [2.05, 4.69) is 5.32 Å². The van der Waals surface area contributed by atoms with Crippen molar-refractivity contribution >= 4 is 22.5 Å². The lowest BCUT2D eigenvalue weighted by molar-refractivity contribution is 0.0961. The van der Waals surface area contributed by atoms with E-state index in [9.17, 15) is 9.59 Å². The van der Waals surface area contributed by atoms with Gasteiger partial charge in [-0.25, -0.2) is 0 Å². The van der Waals surface area contributed by atoms with Crippen LogP contribution < -0.4 is 16.5 Å². The van der Waals surface area contributed by atoms with Gasteiger partial charge in [0.25, 0.3) is 5.91 Å². The van der Waals surface area contributed by atoms with E-state index in [0.717, 1.165) is 18.5 Å². The molecule has 2 aromatic rings. The topological polar surface area (TPSA) is 77.1 Å². The largest absolute Gasteiger partial charge is 0.398 e. The molecule has 0 fully saturated rings. The molecule has 0 aliphatic heterocycles. The van der Waals surface area contributed by atoms with Crippen molar-refractivity contribution < 1.29 is 4.79 Å². The molecule has 3 N–H and O–H groups in total. The third kappa shape index (κ3) is 2.19. The summed E-state index contributed by atoms with van der Waals surface area (Å²) in [5.74, 6) is -0.389. The average Bonchev–Trinajstić information content (AvgIpc) is 2.41. The van der Waals surface area contributed by atoms with E-state index in [1.54, 1.807) is 12.3 Å². The zero-order valence-electron chi connectivity index (χ0n) is 11.1. The Morgan fingerprint density at radius 2 is 2.16 bits per heavy atom. The number of pyridine rings is 1. The summed E-state index contributed by atoms with van der Waals surface area (Å²) in [7, 11) is 1.50. The molecule has 5 nitrogen and oxygen atoms in total. The summed E-state index contributed by atoms with van der Waals surface area (Å²) in [5.41, 5.74) is 6.86. The molecule has 0 atom stereocenters. The molecule has 1 amide bonds. The maximum absolute atomic E-state index is 12.4. The minimum atomic E-state index is -0.389. The number of aromatic nitrogens is 1. The minimum Gasteiger partial charge on any atom is -0.398 e. The van der Waals surface area contributed by atoms with Gasteiger partial charge in [-0.3, -0.25) is 9.59 Å². The molecule has 0 aliphatic rings. The van der Waals surface area contributed by atoms with Crippen LogP contribution in [0.2, 0.25) is 0 Å². The fourth-order valence-electron chi connectivity index (χ4n) is 2.19. The first-order chi connectivity index (χ1) is 9.10. The molecule has 100 valence electrons. The van der Waals surface area contributed by atoms with Crippen molar-refractivity contribution in [2.24, 2.45) is 0 Å². The van der Waals surface area contributed by atoms with Crippen LogP contribution in [0.25, 0.3) is 10.9 Å². The molecule has 1 heterocycles. The number of hydrogen-bond acceptors (Lipinski definition) is 3. The highest BCUT2D eigenvalue weighted by Gasteiger charge is 2.15. The lowest BCUT2D eigenvalue weighted by Crippen LogP contribution is -2.27. The number of nitrogens with two attached hydrogens (primary N) is 1. The minimum absolute atomic E-state index is 0.126. The number of nitrogen functional groups attached to an aromatic ring is 1. The Balaban J connectivity index is 2.87. The Hall–Kier alpha value is -2.30. The fourth-order valence-corrected chi connectivity index (χ4v) is 2.19. The molecule has 0 radical (unpaired) electrons. The van der Waals surface area contributed by atoms with Gasteiger partial charge in [0.15, 0.2) is 0 Å². The summed E-state index contributed by atoms with van der Waals surface area (Å²) >= 11 is 0. The van der Waals surface area contributed by atoms with Crippen molar-refractivity contribution in [3.05, 3.63) is 40.2 Å². The second-order valence-electron chi connectivity index (χ2n) is 4.39. The van der Waals surface area contributed by atoms with Crippen molar-refractivity contribution in [1.82, 2.24) is 9.88 Å². The number of aryl methyl sites for hydroxylation is 1. The quantitative estimate of drug-likeness (QED) is 0.817. The van der Waals surface area contributed by atoms with Crippen LogP contribution in [-0.4, -0.2) is 17.5 Å². The molecule has 0 saturated heterocycles. The highest BCUT2D eigenvalue weighted by molar-refractivity contribution is 5.99. The predicted molar refractivity (Wildman–Crippen MR) is 76.3 cm³/mol. The molecular formula is C14H17N3O2. The van der Waals surface area contributed by atoms with Crippen LogP contribution in [0, 0.1) is 0 Å². The van der Waals surface area contributed by atoms with Crippen LogP contribution >= 0.6 is 0 Å². The van der Waals surface area contributed by atoms with Crippen LogP contribution in [-0.2, 0) is 6.54 Å². The van der Waals surface area contributed by atoms with Gasteiger partial charge in [0.05, 0.1) is 10.9 Å². The number of hydrogen-bond donors (Lipinski definition) is 2. The molecule has 0 saturated carbocycles. The van der Waals surface area contributed by atoms with E-state index in [-0.39, 0.29) is 16.9 Å². The Morgan fingerprint density at radius 3 is 2.79 bits per heavy atom. The summed E-state index contributed by atoms with van der Waals surface area (Å²) in [6.07, 6.45) is 2.51. The van der Waals surface area contributed by atoms with Gasteiger partial charge in [-0.15, -0.1) is 0 Å². The monoisotopic (exact) mass is 259 g/mol. The van der Waals surface area contributed by atoms with Crippen LogP contribution in [0.15, 0.2) is 29.2 Å². The maximum atomic E-state index is 12.4. The molecular weight excluding hydrogens is 242 g/mol. The number of nitrogens with one attached hydrogen (secondary N) is 1. The molecule has 1 aromatic heterocycles. The van der Waals surface area contributed by atoms with Crippen molar-refractivity contribution in [3.63, 3.8) is 0 Å². The van der Waals surface area contributed by atoms with Crippen molar-refractivity contribution in [2.75, 3.05) is 12.8 Å². The van der Waals surface area contributed by atoms with E-state index in [0.29, 0.717) is 11.1 Å². The van der Waals surface area contributed by atoms with Gasteiger partial charge in [0.2, 0.25) is 5.43 Å². The Morgan fingerprint density at radius 1 is 1.42 bits per heavy atom. The van der Waals surface area contributed by atoms with Gasteiger partial charge in [-0.1, -0.05) is 13.0 Å². The van der Waals surface area contributed by atoms with E-state index >= 15 is 0 Å². The second-order valence-corrected chi connectivity index (χ2v) is 4.39. The van der Waals surface area contributed by atoms with Gasteiger partial charge in [0.1, 0.15) is 5.56 Å². The first kappa shape index (κ1) is 13.1. The van der Waals surface area contributed by atoms with Crippen molar-refractivity contribution in [1.29, 1.82) is 0 Å². The second kappa shape index (κ2) is 5.14. The Bertz CT molecular complexity index is 689. The summed E-state index contributed by atoms with van der Waals surface area (Å²) in [5, 5.41) is 2.90. The SMILES string of the molecule is CCCn1cc(C(=O)NC)c(=O)c2c(N)cccc21. The summed E-state index contributed by atoms with van der Waals surface area (Å²) in [4.78, 5) is 24.1. The normalized spacial score (nSPS) is 10.6. The van der Waals surface area contributed by atoms with E-state index in [1.807, 2.05) is 23.6 Å². The first-order valence-corrected chi connectivity index (χ1v) is 6.23. The molecule has 0 unspecified atom stereocenters. The third-order valence-electron chi connectivity index (χ3n) is 3.08. The van der Waals surface area contributed by atoms with Gasteiger partial charge in [-0.2, -0.15) is 0 Å². The lowest BCUT2D eigenvalue weighted by Gasteiger charge is -2.13. The van der Waals surface area contributed by atoms with Crippen molar-refractivity contribution in [3.8, 4) is 0 Å². The van der Waals surface area contributed by atoms with Crippen LogP contribution in [0.4, 0.5) is 5.69 Å². The first-order valence-electron chi connectivity index (χ1n) is 6.23. The summed E-state index contributed by atoms with van der Waals surface area (Å²) < 4.78 is 1.90. The third-order valence-corrected chi connectivity index (χ3v) is 3.08. The van der Waals surface area contributed by atoms with Crippen molar-refractivity contribution in [2.45, 2.75) is 19.9 Å². The molecule has 0 bridgehead atoms. The predicted octanol–water partition coefficient (Wildman–Crippen LogP) is 1.35. The van der Waals surface area contributed by atoms with Crippen LogP contribution in [0.5, 0.6) is 0 Å². The molecule has 1 aromatic carbocycles. The van der Waals surface area contributed by atoms with Crippen LogP contribution in [0.3, 0.4) is 0 Å². The molecule has 2 rings (SSSR count). The number of carbonyl (C=O) groups excluding carboxylic acids is 1. The number of fused-ring (bicyclic) bond motifs is 1. The molecule has 19 heavy (non-hydrogen) atoms. The number of carbonyl (C=O) groups is 1. The van der Waals surface area contributed by atoms with Gasteiger partial charge >= 0.3 is 0 Å². The summed E-state index contributed by atoms with van der Waals surface area (Å²) in [6.45, 7) is 2.76. The van der Waals surface area contributed by atoms with Crippen LogP contribution in [0.1, 0.15) is 23.7 Å². The number of amides is 1. The smallest absolute Gasteiger partial charge is 0.256 e.